The highest BCUT2D eigenvalue weighted by Gasteiger charge is 2.27. The van der Waals surface area contributed by atoms with Gasteiger partial charge in [0.2, 0.25) is 0 Å². The maximum absolute atomic E-state index is 12.1. The molecule has 1 aromatic rings. The molecule has 2 rings (SSSR count). The molecule has 1 fully saturated rings. The van der Waals surface area contributed by atoms with Crippen LogP contribution in [0.1, 0.15) is 31.4 Å². The number of ether oxygens (including phenoxy) is 1. The molecule has 1 saturated carbocycles. The van der Waals surface area contributed by atoms with Crippen LogP contribution in [-0.4, -0.2) is 19.1 Å². The van der Waals surface area contributed by atoms with E-state index in [0.717, 1.165) is 27.0 Å². The Bertz CT molecular complexity index is 461. The van der Waals surface area contributed by atoms with Crippen molar-refractivity contribution in [1.29, 1.82) is 0 Å². The maximum Gasteiger partial charge on any atom is 0.327 e. The summed E-state index contributed by atoms with van der Waals surface area (Å²) in [6.07, 6.45) is 2.51. The molecule has 1 atom stereocenters. The molecule has 19 heavy (non-hydrogen) atoms. The first-order valence-corrected chi connectivity index (χ1v) is 8.05. The van der Waals surface area contributed by atoms with Crippen LogP contribution in [0.3, 0.4) is 0 Å². The second-order valence-electron chi connectivity index (χ2n) is 4.71. The van der Waals surface area contributed by atoms with Crippen molar-refractivity contribution in [2.24, 2.45) is 5.92 Å². The number of benzene rings is 1. The first kappa shape index (κ1) is 15.0. The number of nitrogens with one attached hydrogen (secondary N) is 1. The lowest BCUT2D eigenvalue weighted by atomic mass is 10.1. The van der Waals surface area contributed by atoms with Gasteiger partial charge in [-0.1, -0.05) is 6.07 Å². The summed E-state index contributed by atoms with van der Waals surface area (Å²) in [6, 6.07) is 5.44. The van der Waals surface area contributed by atoms with Gasteiger partial charge in [-0.2, -0.15) is 0 Å². The summed E-state index contributed by atoms with van der Waals surface area (Å²) in [5, 5.41) is 3.32. The lowest BCUT2D eigenvalue weighted by molar-refractivity contribution is -0.145. The van der Waals surface area contributed by atoms with E-state index in [9.17, 15) is 4.79 Å². The van der Waals surface area contributed by atoms with Gasteiger partial charge >= 0.3 is 5.97 Å². The van der Waals surface area contributed by atoms with E-state index in [1.165, 1.54) is 12.8 Å². The largest absolute Gasteiger partial charge is 0.465 e. The number of rotatable bonds is 6. The minimum atomic E-state index is -0.384. The Hall–Kier alpha value is -0.390. The van der Waals surface area contributed by atoms with E-state index >= 15 is 0 Å². The molecule has 0 heterocycles. The molecule has 0 aliphatic heterocycles. The van der Waals surface area contributed by atoms with E-state index in [1.54, 1.807) is 0 Å². The Morgan fingerprint density at radius 1 is 1.42 bits per heavy atom. The Balaban J connectivity index is 2.13. The van der Waals surface area contributed by atoms with Gasteiger partial charge in [-0.05, 0) is 81.8 Å². The van der Waals surface area contributed by atoms with E-state index in [2.05, 4.69) is 37.2 Å². The van der Waals surface area contributed by atoms with E-state index in [-0.39, 0.29) is 12.0 Å². The quantitative estimate of drug-likeness (QED) is 0.750. The Morgan fingerprint density at radius 2 is 2.16 bits per heavy atom. The average molecular weight is 391 g/mol. The summed E-state index contributed by atoms with van der Waals surface area (Å²) < 4.78 is 7.06. The van der Waals surface area contributed by atoms with Crippen molar-refractivity contribution in [2.75, 3.05) is 13.2 Å². The van der Waals surface area contributed by atoms with Gasteiger partial charge in [-0.15, -0.1) is 0 Å². The van der Waals surface area contributed by atoms with Crippen LogP contribution in [0.4, 0.5) is 0 Å². The zero-order valence-electron chi connectivity index (χ0n) is 10.8. The lowest BCUT2D eigenvalue weighted by Gasteiger charge is -2.18. The van der Waals surface area contributed by atoms with Crippen LogP contribution in [0.25, 0.3) is 0 Å². The molecule has 3 nitrogen and oxygen atoms in total. The van der Waals surface area contributed by atoms with Gasteiger partial charge in [0, 0.05) is 8.95 Å². The molecule has 1 aliphatic rings. The number of halogens is 2. The minimum absolute atomic E-state index is 0.211. The van der Waals surface area contributed by atoms with Crippen LogP contribution >= 0.6 is 31.9 Å². The Kier molecular flexibility index (Phi) is 5.42. The maximum atomic E-state index is 12.1. The Labute approximate surface area is 130 Å². The fourth-order valence-electron chi connectivity index (χ4n) is 1.86. The van der Waals surface area contributed by atoms with Gasteiger partial charge in [0.15, 0.2) is 0 Å². The summed E-state index contributed by atoms with van der Waals surface area (Å²) in [5.41, 5.74) is 0.925. The van der Waals surface area contributed by atoms with Crippen LogP contribution in [0.2, 0.25) is 0 Å². The van der Waals surface area contributed by atoms with Crippen LogP contribution < -0.4 is 5.32 Å². The van der Waals surface area contributed by atoms with Gasteiger partial charge in [0.1, 0.15) is 6.04 Å². The standard InChI is InChI=1S/C14H17Br2NO2/c1-2-19-14(18)13(17-8-9-3-4-9)10-5-6-11(15)12(16)7-10/h5-7,9,13,17H,2-4,8H2,1H3. The van der Waals surface area contributed by atoms with Gasteiger partial charge < -0.3 is 10.1 Å². The lowest BCUT2D eigenvalue weighted by Crippen LogP contribution is -2.31. The smallest absolute Gasteiger partial charge is 0.327 e. The van der Waals surface area contributed by atoms with Crippen molar-refractivity contribution in [1.82, 2.24) is 5.32 Å². The molecule has 104 valence electrons. The van der Waals surface area contributed by atoms with Gasteiger partial charge in [-0.25, -0.2) is 4.79 Å². The minimum Gasteiger partial charge on any atom is -0.465 e. The summed E-state index contributed by atoms with van der Waals surface area (Å²) in [5.74, 6) is 0.508. The summed E-state index contributed by atoms with van der Waals surface area (Å²) in [7, 11) is 0. The molecule has 0 bridgehead atoms. The third-order valence-corrected chi connectivity index (χ3v) is 4.99. The topological polar surface area (TPSA) is 38.3 Å². The van der Waals surface area contributed by atoms with Crippen molar-refractivity contribution in [2.45, 2.75) is 25.8 Å². The summed E-state index contributed by atoms with van der Waals surface area (Å²) in [4.78, 5) is 12.1. The molecule has 1 N–H and O–H groups in total. The van der Waals surface area contributed by atoms with Gasteiger partial charge in [0.25, 0.3) is 0 Å². The molecule has 0 radical (unpaired) electrons. The van der Waals surface area contributed by atoms with Gasteiger partial charge in [-0.3, -0.25) is 0 Å². The molecular weight excluding hydrogens is 374 g/mol. The van der Waals surface area contributed by atoms with Gasteiger partial charge in [0.05, 0.1) is 6.61 Å². The third kappa shape index (κ3) is 4.29. The number of esters is 1. The van der Waals surface area contributed by atoms with Crippen LogP contribution in [0.15, 0.2) is 27.1 Å². The summed E-state index contributed by atoms with van der Waals surface area (Å²) in [6.45, 7) is 3.10. The molecule has 1 aliphatic carbocycles. The van der Waals surface area contributed by atoms with Crippen molar-refractivity contribution < 1.29 is 9.53 Å². The number of hydrogen-bond donors (Lipinski definition) is 1. The first-order valence-electron chi connectivity index (χ1n) is 6.46. The molecule has 1 unspecified atom stereocenters. The first-order chi connectivity index (χ1) is 9.11. The SMILES string of the molecule is CCOC(=O)C(NCC1CC1)c1ccc(Br)c(Br)c1. The van der Waals surface area contributed by atoms with Crippen LogP contribution in [0.5, 0.6) is 0 Å². The molecule has 1 aromatic carbocycles. The van der Waals surface area contributed by atoms with Crippen LogP contribution in [0, 0.1) is 5.92 Å². The number of hydrogen-bond acceptors (Lipinski definition) is 3. The van der Waals surface area contributed by atoms with E-state index in [4.69, 9.17) is 4.74 Å². The molecule has 0 amide bonds. The van der Waals surface area contributed by atoms with Crippen molar-refractivity contribution >= 4 is 37.8 Å². The fraction of sp³-hybridized carbons (Fsp3) is 0.500. The van der Waals surface area contributed by atoms with E-state index < -0.39 is 0 Å². The second-order valence-corrected chi connectivity index (χ2v) is 6.42. The Morgan fingerprint density at radius 3 is 2.74 bits per heavy atom. The molecule has 0 saturated heterocycles. The molecule has 0 spiro atoms. The average Bonchev–Trinajstić information content (AvgIpc) is 3.18. The summed E-state index contributed by atoms with van der Waals surface area (Å²) >= 11 is 6.90. The zero-order valence-corrected chi connectivity index (χ0v) is 14.0. The van der Waals surface area contributed by atoms with Crippen LogP contribution in [-0.2, 0) is 9.53 Å². The fourth-order valence-corrected chi connectivity index (χ4v) is 2.50. The van der Waals surface area contributed by atoms with E-state index in [0.29, 0.717) is 6.61 Å². The normalized spacial score (nSPS) is 16.2. The molecule has 5 heteroatoms. The zero-order chi connectivity index (χ0) is 13.8. The highest BCUT2D eigenvalue weighted by atomic mass is 79.9. The predicted molar refractivity (Wildman–Crippen MR) is 81.9 cm³/mol. The second kappa shape index (κ2) is 6.86. The third-order valence-electron chi connectivity index (χ3n) is 3.11. The number of carbonyl (C=O) groups excluding carboxylic acids is 1. The molecule has 0 aromatic heterocycles. The van der Waals surface area contributed by atoms with Crippen molar-refractivity contribution in [3.8, 4) is 0 Å². The monoisotopic (exact) mass is 389 g/mol. The highest BCUT2D eigenvalue weighted by Crippen LogP contribution is 2.30. The predicted octanol–water partition coefficient (Wildman–Crippen LogP) is 3.82. The van der Waals surface area contributed by atoms with E-state index in [1.807, 2.05) is 25.1 Å². The van der Waals surface area contributed by atoms with Crippen molar-refractivity contribution in [3.05, 3.63) is 32.7 Å². The number of carbonyl (C=O) groups is 1. The van der Waals surface area contributed by atoms with Crippen molar-refractivity contribution in [3.63, 3.8) is 0 Å². The highest BCUT2D eigenvalue weighted by molar-refractivity contribution is 9.13. The molecular formula is C14H17Br2NO2.